The van der Waals surface area contributed by atoms with Crippen LogP contribution in [0.25, 0.3) is 0 Å². The molecule has 0 aliphatic carbocycles. The molecule has 2 N–H and O–H groups in total. The second-order valence-corrected chi connectivity index (χ2v) is 3.81. The molecule has 0 aromatic heterocycles. The lowest BCUT2D eigenvalue weighted by Gasteiger charge is -2.05. The van der Waals surface area contributed by atoms with Gasteiger partial charge in [0.1, 0.15) is 6.61 Å². The third kappa shape index (κ3) is 20.3. The Kier molecular flexibility index (Phi) is 15.1. The summed E-state index contributed by atoms with van der Waals surface area (Å²) in [6, 6.07) is 1.69. The number of esters is 1. The van der Waals surface area contributed by atoms with Gasteiger partial charge in [0, 0.05) is 11.6 Å². The summed E-state index contributed by atoms with van der Waals surface area (Å²) < 4.78 is 18.6. The van der Waals surface area contributed by atoms with Crippen molar-refractivity contribution >= 4 is 26.2 Å². The molecular formula is C9H15ClNO6P. The lowest BCUT2D eigenvalue weighted by atomic mass is 10.4. The summed E-state index contributed by atoms with van der Waals surface area (Å²) in [5, 5.41) is 7.51. The number of ether oxygens (including phenoxy) is 1. The Hall–Kier alpha value is -1.16. The average molecular weight is 300 g/mol. The van der Waals surface area contributed by atoms with E-state index in [0.717, 1.165) is 0 Å². The van der Waals surface area contributed by atoms with Gasteiger partial charge >= 0.3 is 13.8 Å². The summed E-state index contributed by atoms with van der Waals surface area (Å²) in [4.78, 5) is 27.1. The van der Waals surface area contributed by atoms with E-state index in [1.54, 1.807) is 6.07 Å². The van der Waals surface area contributed by atoms with Crippen molar-refractivity contribution in [3.05, 3.63) is 24.8 Å². The first kappa shape index (κ1) is 22.1. The summed E-state index contributed by atoms with van der Waals surface area (Å²) in [6.45, 7) is 7.34. The van der Waals surface area contributed by atoms with Crippen LogP contribution in [-0.2, 0) is 18.6 Å². The Balaban J connectivity index is -0.000000392. The topological polar surface area (TPSA) is 117 Å². The van der Waals surface area contributed by atoms with Gasteiger partial charge in [0.05, 0.1) is 12.7 Å². The van der Waals surface area contributed by atoms with Gasteiger partial charge in [-0.25, -0.2) is 9.36 Å². The number of allylic oxidation sites excluding steroid dienone is 1. The SMILES string of the molecule is C=C(C)C(=O)OCCOP(=O)(O)O.C=CC#N.Cl. The minimum Gasteiger partial charge on any atom is -0.460 e. The van der Waals surface area contributed by atoms with Crippen LogP contribution in [0.5, 0.6) is 0 Å². The second-order valence-electron chi connectivity index (χ2n) is 2.57. The zero-order chi connectivity index (χ0) is 13.9. The van der Waals surface area contributed by atoms with Gasteiger partial charge in [-0.1, -0.05) is 13.2 Å². The van der Waals surface area contributed by atoms with Gasteiger partial charge in [0.2, 0.25) is 0 Å². The first-order valence-electron chi connectivity index (χ1n) is 4.27. The molecule has 9 heteroatoms. The van der Waals surface area contributed by atoms with E-state index in [1.807, 2.05) is 0 Å². The predicted octanol–water partition coefficient (Wildman–Crippen LogP) is 1.33. The highest BCUT2D eigenvalue weighted by Crippen LogP contribution is 2.35. The molecule has 0 radical (unpaired) electrons. The molecule has 0 heterocycles. The third-order valence-corrected chi connectivity index (χ3v) is 1.53. The zero-order valence-corrected chi connectivity index (χ0v) is 11.4. The number of carbonyl (C=O) groups is 1. The molecule has 0 aliphatic rings. The number of nitriles is 1. The number of nitrogens with zero attached hydrogens (tertiary/aromatic N) is 1. The summed E-state index contributed by atoms with van der Waals surface area (Å²) in [7, 11) is -4.46. The first-order chi connectivity index (χ1) is 7.74. The molecule has 104 valence electrons. The fourth-order valence-corrected chi connectivity index (χ4v) is 0.726. The van der Waals surface area contributed by atoms with Crippen LogP contribution in [-0.4, -0.2) is 29.0 Å². The highest BCUT2D eigenvalue weighted by atomic mass is 35.5. The maximum absolute atomic E-state index is 10.7. The van der Waals surface area contributed by atoms with Gasteiger partial charge in [-0.05, 0) is 6.92 Å². The van der Waals surface area contributed by atoms with E-state index >= 15 is 0 Å². The molecule has 0 rings (SSSR count). The van der Waals surface area contributed by atoms with Gasteiger partial charge in [-0.3, -0.25) is 4.52 Å². The van der Waals surface area contributed by atoms with Crippen molar-refractivity contribution < 1.29 is 28.4 Å². The molecule has 0 saturated carbocycles. The third-order valence-electron chi connectivity index (χ3n) is 1.02. The molecule has 0 atom stereocenters. The van der Waals surface area contributed by atoms with Crippen molar-refractivity contribution in [1.29, 1.82) is 5.26 Å². The maximum atomic E-state index is 10.7. The minimum absolute atomic E-state index is 0. The lowest BCUT2D eigenvalue weighted by molar-refractivity contribution is -0.139. The number of phosphoric ester groups is 1. The lowest BCUT2D eigenvalue weighted by Crippen LogP contribution is -2.10. The largest absolute Gasteiger partial charge is 0.469 e. The number of hydrogen-bond donors (Lipinski definition) is 2. The smallest absolute Gasteiger partial charge is 0.460 e. The van der Waals surface area contributed by atoms with Crippen LogP contribution >= 0.6 is 20.2 Å². The minimum atomic E-state index is -4.46. The molecule has 0 fully saturated rings. The van der Waals surface area contributed by atoms with E-state index in [4.69, 9.17) is 15.0 Å². The highest BCUT2D eigenvalue weighted by molar-refractivity contribution is 7.46. The maximum Gasteiger partial charge on any atom is 0.469 e. The Bertz CT molecular complexity index is 359. The van der Waals surface area contributed by atoms with Gasteiger partial charge in [-0.15, -0.1) is 12.4 Å². The number of hydrogen-bond acceptors (Lipinski definition) is 5. The standard InChI is InChI=1S/C6H11O6P.C3H3N.ClH/c1-5(2)6(7)11-3-4-12-13(8,9)10;1-2-3-4;/h1,3-4H2,2H3,(H2,8,9,10);2H,1H2;1H. The normalized spacial score (nSPS) is 8.78. The van der Waals surface area contributed by atoms with E-state index < -0.39 is 13.8 Å². The number of carbonyl (C=O) groups excluding carboxylic acids is 1. The molecule has 0 bridgehead atoms. The molecule has 7 nitrogen and oxygen atoms in total. The molecule has 0 amide bonds. The summed E-state index contributed by atoms with van der Waals surface area (Å²) in [5.41, 5.74) is 0.219. The van der Waals surface area contributed by atoms with E-state index in [-0.39, 0.29) is 31.2 Å². The van der Waals surface area contributed by atoms with E-state index in [2.05, 4.69) is 22.4 Å². The number of rotatable bonds is 5. The van der Waals surface area contributed by atoms with E-state index in [1.165, 1.54) is 13.0 Å². The van der Waals surface area contributed by atoms with Gasteiger partial charge in [-0.2, -0.15) is 5.26 Å². The zero-order valence-electron chi connectivity index (χ0n) is 9.74. The number of halogens is 1. The van der Waals surface area contributed by atoms with Crippen molar-refractivity contribution in [2.24, 2.45) is 0 Å². The van der Waals surface area contributed by atoms with Crippen LogP contribution in [0.4, 0.5) is 0 Å². The molecule has 0 aromatic carbocycles. The fourth-order valence-electron chi connectivity index (χ4n) is 0.414. The predicted molar refractivity (Wildman–Crippen MR) is 66.8 cm³/mol. The van der Waals surface area contributed by atoms with Crippen molar-refractivity contribution in [1.82, 2.24) is 0 Å². The number of phosphoric acid groups is 1. The summed E-state index contributed by atoms with van der Waals surface area (Å²) >= 11 is 0. The van der Waals surface area contributed by atoms with Gasteiger partial charge < -0.3 is 14.5 Å². The van der Waals surface area contributed by atoms with Gasteiger partial charge in [0.15, 0.2) is 0 Å². The van der Waals surface area contributed by atoms with Crippen LogP contribution in [0.2, 0.25) is 0 Å². The average Bonchev–Trinajstić information content (AvgIpc) is 2.23. The monoisotopic (exact) mass is 299 g/mol. The van der Waals surface area contributed by atoms with Crippen molar-refractivity contribution in [2.45, 2.75) is 6.92 Å². The quantitative estimate of drug-likeness (QED) is 0.258. The van der Waals surface area contributed by atoms with Crippen LogP contribution in [0, 0.1) is 11.3 Å². The Morgan fingerprint density at radius 2 is 1.94 bits per heavy atom. The van der Waals surface area contributed by atoms with Crippen LogP contribution in [0.15, 0.2) is 24.8 Å². The van der Waals surface area contributed by atoms with E-state index in [0.29, 0.717) is 0 Å². The molecule has 0 aliphatic heterocycles. The molecule has 18 heavy (non-hydrogen) atoms. The molecule has 0 spiro atoms. The molecule has 0 aromatic rings. The molecule has 0 unspecified atom stereocenters. The molecular weight excluding hydrogens is 285 g/mol. The highest BCUT2D eigenvalue weighted by Gasteiger charge is 2.13. The van der Waals surface area contributed by atoms with Crippen molar-refractivity contribution in [2.75, 3.05) is 13.2 Å². The summed E-state index contributed by atoms with van der Waals surface area (Å²) in [5.74, 6) is -0.616. The summed E-state index contributed by atoms with van der Waals surface area (Å²) in [6.07, 6.45) is 1.18. The van der Waals surface area contributed by atoms with Gasteiger partial charge in [0.25, 0.3) is 0 Å². The molecule has 0 saturated heterocycles. The van der Waals surface area contributed by atoms with E-state index in [9.17, 15) is 9.36 Å². The second kappa shape index (κ2) is 12.3. The Morgan fingerprint density at radius 3 is 2.22 bits per heavy atom. The Morgan fingerprint density at radius 1 is 1.50 bits per heavy atom. The van der Waals surface area contributed by atoms with Crippen LogP contribution in [0.3, 0.4) is 0 Å². The fraction of sp³-hybridized carbons (Fsp3) is 0.333. The first-order valence-corrected chi connectivity index (χ1v) is 5.81. The van der Waals surface area contributed by atoms with Crippen molar-refractivity contribution in [3.63, 3.8) is 0 Å². The Labute approximate surface area is 111 Å². The van der Waals surface area contributed by atoms with Crippen LogP contribution < -0.4 is 0 Å². The van der Waals surface area contributed by atoms with Crippen LogP contribution in [0.1, 0.15) is 6.92 Å². The van der Waals surface area contributed by atoms with Crippen molar-refractivity contribution in [3.8, 4) is 6.07 Å².